The molecule has 5 heteroatoms. The van der Waals surface area contributed by atoms with E-state index in [1.165, 1.54) is 6.08 Å². The van der Waals surface area contributed by atoms with Crippen LogP contribution in [0.15, 0.2) is 30.9 Å². The first-order valence-corrected chi connectivity index (χ1v) is 5.92. The van der Waals surface area contributed by atoms with E-state index >= 15 is 0 Å². The van der Waals surface area contributed by atoms with Crippen LogP contribution in [0, 0.1) is 0 Å². The fourth-order valence-electron chi connectivity index (χ4n) is 1.68. The van der Waals surface area contributed by atoms with Gasteiger partial charge in [0.1, 0.15) is 6.04 Å². The van der Waals surface area contributed by atoms with Crippen LogP contribution in [0.5, 0.6) is 11.5 Å². The summed E-state index contributed by atoms with van der Waals surface area (Å²) in [6, 6.07) is 4.91. The molecule has 0 saturated heterocycles. The highest BCUT2D eigenvalue weighted by Crippen LogP contribution is 2.27. The largest absolute Gasteiger partial charge is 0.493 e. The minimum absolute atomic E-state index is 0.540. The van der Waals surface area contributed by atoms with E-state index in [1.807, 2.05) is 18.2 Å². The van der Waals surface area contributed by atoms with Gasteiger partial charge in [0.05, 0.1) is 14.2 Å². The SMILES string of the molecule is C=CC(NCCc1ccc(OC)c(OC)c1)C(=O)O. The van der Waals surface area contributed by atoms with Gasteiger partial charge in [-0.25, -0.2) is 0 Å². The molecule has 0 spiro atoms. The summed E-state index contributed by atoms with van der Waals surface area (Å²) in [6.07, 6.45) is 2.06. The van der Waals surface area contributed by atoms with Crippen molar-refractivity contribution in [3.05, 3.63) is 36.4 Å². The lowest BCUT2D eigenvalue weighted by atomic mass is 10.1. The number of carboxylic acid groups (broad SMARTS) is 1. The Bertz CT molecular complexity index is 445. The van der Waals surface area contributed by atoms with Crippen LogP contribution < -0.4 is 14.8 Å². The molecule has 1 unspecified atom stereocenters. The Morgan fingerprint density at radius 2 is 2.11 bits per heavy atom. The molecule has 1 aromatic carbocycles. The van der Waals surface area contributed by atoms with E-state index in [1.54, 1.807) is 14.2 Å². The number of aliphatic carboxylic acids is 1. The third-order valence-corrected chi connectivity index (χ3v) is 2.73. The van der Waals surface area contributed by atoms with Crippen LogP contribution in [0.4, 0.5) is 0 Å². The first-order chi connectivity index (χ1) is 9.12. The van der Waals surface area contributed by atoms with Gasteiger partial charge in [-0.05, 0) is 24.1 Å². The Balaban J connectivity index is 2.58. The highest BCUT2D eigenvalue weighted by molar-refractivity contribution is 5.75. The van der Waals surface area contributed by atoms with Crippen LogP contribution in [-0.4, -0.2) is 37.9 Å². The predicted octanol–water partition coefficient (Wildman–Crippen LogP) is 1.48. The van der Waals surface area contributed by atoms with Gasteiger partial charge in [-0.1, -0.05) is 12.1 Å². The van der Waals surface area contributed by atoms with E-state index in [0.29, 0.717) is 24.5 Å². The van der Waals surface area contributed by atoms with Gasteiger partial charge in [0.15, 0.2) is 11.5 Å². The molecule has 1 atom stereocenters. The minimum atomic E-state index is -0.928. The number of carboxylic acids is 1. The van der Waals surface area contributed by atoms with Crippen molar-refractivity contribution >= 4 is 5.97 Å². The van der Waals surface area contributed by atoms with Crippen molar-refractivity contribution in [2.45, 2.75) is 12.5 Å². The molecule has 0 radical (unpaired) electrons. The zero-order chi connectivity index (χ0) is 14.3. The zero-order valence-electron chi connectivity index (χ0n) is 11.2. The standard InChI is InChI=1S/C14H19NO4/c1-4-11(14(16)17)15-8-7-10-5-6-12(18-2)13(9-10)19-3/h4-6,9,11,15H,1,7-8H2,2-3H3,(H,16,17). The highest BCUT2D eigenvalue weighted by Gasteiger charge is 2.11. The Hall–Kier alpha value is -2.01. The summed E-state index contributed by atoms with van der Waals surface area (Å²) in [5.74, 6) is 0.412. The highest BCUT2D eigenvalue weighted by atomic mass is 16.5. The van der Waals surface area contributed by atoms with Crippen molar-refractivity contribution in [2.75, 3.05) is 20.8 Å². The molecule has 104 valence electrons. The molecule has 5 nitrogen and oxygen atoms in total. The van der Waals surface area contributed by atoms with Crippen molar-refractivity contribution in [3.63, 3.8) is 0 Å². The second kappa shape index (κ2) is 7.43. The third-order valence-electron chi connectivity index (χ3n) is 2.73. The monoisotopic (exact) mass is 265 g/mol. The van der Waals surface area contributed by atoms with Crippen LogP contribution in [-0.2, 0) is 11.2 Å². The number of ether oxygens (including phenoxy) is 2. The lowest BCUT2D eigenvalue weighted by Crippen LogP contribution is -2.35. The predicted molar refractivity (Wildman–Crippen MR) is 72.9 cm³/mol. The fraction of sp³-hybridized carbons (Fsp3) is 0.357. The first kappa shape index (κ1) is 15.0. The average Bonchev–Trinajstić information content (AvgIpc) is 2.42. The normalized spacial score (nSPS) is 11.7. The smallest absolute Gasteiger partial charge is 0.324 e. The number of hydrogen-bond donors (Lipinski definition) is 2. The molecule has 19 heavy (non-hydrogen) atoms. The summed E-state index contributed by atoms with van der Waals surface area (Å²) < 4.78 is 10.4. The maximum atomic E-state index is 10.8. The summed E-state index contributed by atoms with van der Waals surface area (Å²) in [4.78, 5) is 10.8. The first-order valence-electron chi connectivity index (χ1n) is 5.92. The molecule has 0 amide bonds. The Kier molecular flexibility index (Phi) is 5.89. The quantitative estimate of drug-likeness (QED) is 0.697. The number of benzene rings is 1. The Labute approximate surface area is 112 Å². The van der Waals surface area contributed by atoms with Crippen LogP contribution in [0.3, 0.4) is 0 Å². The summed E-state index contributed by atoms with van der Waals surface area (Å²) in [6.45, 7) is 4.02. The van der Waals surface area contributed by atoms with Gasteiger partial charge in [0.2, 0.25) is 0 Å². The molecule has 0 aliphatic carbocycles. The van der Waals surface area contributed by atoms with Gasteiger partial charge in [0, 0.05) is 6.54 Å². The van der Waals surface area contributed by atoms with Crippen LogP contribution in [0.2, 0.25) is 0 Å². The van der Waals surface area contributed by atoms with Crippen LogP contribution in [0.1, 0.15) is 5.56 Å². The number of nitrogens with one attached hydrogen (secondary N) is 1. The fourth-order valence-corrected chi connectivity index (χ4v) is 1.68. The van der Waals surface area contributed by atoms with E-state index in [0.717, 1.165) is 5.56 Å². The maximum Gasteiger partial charge on any atom is 0.324 e. The summed E-state index contributed by atoms with van der Waals surface area (Å²) in [5, 5.41) is 11.7. The topological polar surface area (TPSA) is 67.8 Å². The summed E-state index contributed by atoms with van der Waals surface area (Å²) in [7, 11) is 3.17. The molecular weight excluding hydrogens is 246 g/mol. The third kappa shape index (κ3) is 4.30. The van der Waals surface area contributed by atoms with Crippen LogP contribution in [0.25, 0.3) is 0 Å². The van der Waals surface area contributed by atoms with Crippen molar-refractivity contribution in [2.24, 2.45) is 0 Å². The van der Waals surface area contributed by atoms with Crippen molar-refractivity contribution in [3.8, 4) is 11.5 Å². The maximum absolute atomic E-state index is 10.8. The molecule has 0 bridgehead atoms. The van der Waals surface area contributed by atoms with E-state index in [9.17, 15) is 4.79 Å². The molecule has 0 aliphatic heterocycles. The van der Waals surface area contributed by atoms with Crippen molar-refractivity contribution < 1.29 is 19.4 Å². The van der Waals surface area contributed by atoms with Gasteiger partial charge >= 0.3 is 5.97 Å². The van der Waals surface area contributed by atoms with Gasteiger partial charge in [-0.2, -0.15) is 0 Å². The van der Waals surface area contributed by atoms with E-state index in [2.05, 4.69) is 11.9 Å². The zero-order valence-corrected chi connectivity index (χ0v) is 11.2. The van der Waals surface area contributed by atoms with Gasteiger partial charge in [0.25, 0.3) is 0 Å². The number of rotatable bonds is 8. The number of carbonyl (C=O) groups is 1. The number of methoxy groups -OCH3 is 2. The number of hydrogen-bond acceptors (Lipinski definition) is 4. The summed E-state index contributed by atoms with van der Waals surface area (Å²) in [5.41, 5.74) is 1.04. The minimum Gasteiger partial charge on any atom is -0.493 e. The molecule has 0 fully saturated rings. The molecular formula is C14H19NO4. The van der Waals surface area contributed by atoms with Gasteiger partial charge in [-0.15, -0.1) is 6.58 Å². The van der Waals surface area contributed by atoms with E-state index in [4.69, 9.17) is 14.6 Å². The van der Waals surface area contributed by atoms with Crippen molar-refractivity contribution in [1.29, 1.82) is 0 Å². The lowest BCUT2D eigenvalue weighted by Gasteiger charge is -2.12. The molecule has 1 aromatic rings. The van der Waals surface area contributed by atoms with E-state index < -0.39 is 12.0 Å². The van der Waals surface area contributed by atoms with E-state index in [-0.39, 0.29) is 0 Å². The molecule has 0 saturated carbocycles. The Morgan fingerprint density at radius 3 is 2.63 bits per heavy atom. The van der Waals surface area contributed by atoms with Crippen molar-refractivity contribution in [1.82, 2.24) is 5.32 Å². The molecule has 0 heterocycles. The van der Waals surface area contributed by atoms with Gasteiger partial charge in [-0.3, -0.25) is 4.79 Å². The molecule has 2 N–H and O–H groups in total. The molecule has 1 rings (SSSR count). The summed E-state index contributed by atoms with van der Waals surface area (Å²) >= 11 is 0. The molecule has 0 aromatic heterocycles. The molecule has 0 aliphatic rings. The van der Waals surface area contributed by atoms with Crippen LogP contribution >= 0.6 is 0 Å². The second-order valence-electron chi connectivity index (χ2n) is 3.95. The Morgan fingerprint density at radius 1 is 1.42 bits per heavy atom. The lowest BCUT2D eigenvalue weighted by molar-refractivity contribution is -0.138. The average molecular weight is 265 g/mol. The van der Waals surface area contributed by atoms with Gasteiger partial charge < -0.3 is 19.9 Å². The second-order valence-corrected chi connectivity index (χ2v) is 3.95.